The van der Waals surface area contributed by atoms with Crippen molar-refractivity contribution in [3.8, 4) is 0 Å². The standard InChI is InChI=1S/C21H27BrN4O.HI/c1-4-23-21(25-15-17-8-6-10-19(22)14-17)24-12-11-16-7-5-9-18(13-16)20(27)26(2)3;/h5-10,13-14H,4,11-12,15H2,1-3H3,(H2,23,24,25);1H. The van der Waals surface area contributed by atoms with Crippen LogP contribution >= 0.6 is 39.9 Å². The van der Waals surface area contributed by atoms with Crippen LogP contribution in [0, 0.1) is 0 Å². The van der Waals surface area contributed by atoms with Gasteiger partial charge in [-0.1, -0.05) is 40.2 Å². The minimum absolute atomic E-state index is 0. The zero-order chi connectivity index (χ0) is 19.6. The van der Waals surface area contributed by atoms with Gasteiger partial charge in [-0.2, -0.15) is 0 Å². The summed E-state index contributed by atoms with van der Waals surface area (Å²) < 4.78 is 1.06. The van der Waals surface area contributed by atoms with Gasteiger partial charge in [0.1, 0.15) is 0 Å². The third-order valence-corrected chi connectivity index (χ3v) is 4.43. The number of carbonyl (C=O) groups is 1. The summed E-state index contributed by atoms with van der Waals surface area (Å²) in [6.45, 7) is 4.20. The molecule has 0 unspecified atom stereocenters. The third-order valence-electron chi connectivity index (χ3n) is 3.94. The van der Waals surface area contributed by atoms with Crippen molar-refractivity contribution in [2.24, 2.45) is 4.99 Å². The van der Waals surface area contributed by atoms with Gasteiger partial charge in [-0.3, -0.25) is 4.79 Å². The Balaban J connectivity index is 0.00000392. The molecule has 7 heteroatoms. The number of nitrogens with zero attached hydrogens (tertiary/aromatic N) is 2. The van der Waals surface area contributed by atoms with E-state index in [1.54, 1.807) is 19.0 Å². The van der Waals surface area contributed by atoms with Gasteiger partial charge in [-0.25, -0.2) is 4.99 Å². The summed E-state index contributed by atoms with van der Waals surface area (Å²) in [6, 6.07) is 15.9. The average Bonchev–Trinajstić information content (AvgIpc) is 2.65. The predicted octanol–water partition coefficient (Wildman–Crippen LogP) is 4.07. The van der Waals surface area contributed by atoms with Gasteiger partial charge in [-0.15, -0.1) is 24.0 Å². The van der Waals surface area contributed by atoms with Crippen LogP contribution in [0.1, 0.15) is 28.4 Å². The van der Waals surface area contributed by atoms with Crippen LogP contribution in [0.5, 0.6) is 0 Å². The second-order valence-corrected chi connectivity index (χ2v) is 7.32. The molecule has 5 nitrogen and oxygen atoms in total. The maximum absolute atomic E-state index is 12.1. The number of nitrogens with one attached hydrogen (secondary N) is 2. The van der Waals surface area contributed by atoms with Crippen LogP contribution in [0.4, 0.5) is 0 Å². The monoisotopic (exact) mass is 558 g/mol. The van der Waals surface area contributed by atoms with Crippen LogP contribution < -0.4 is 10.6 Å². The summed E-state index contributed by atoms with van der Waals surface area (Å²) in [4.78, 5) is 18.3. The second-order valence-electron chi connectivity index (χ2n) is 6.40. The Hall–Kier alpha value is -1.61. The number of aliphatic imine (C=N–C) groups is 1. The second kappa shape index (κ2) is 12.8. The van der Waals surface area contributed by atoms with Crippen molar-refractivity contribution in [2.75, 3.05) is 27.2 Å². The number of halogens is 2. The van der Waals surface area contributed by atoms with E-state index in [2.05, 4.69) is 43.7 Å². The minimum Gasteiger partial charge on any atom is -0.357 e. The fourth-order valence-corrected chi connectivity index (χ4v) is 3.04. The minimum atomic E-state index is 0. The van der Waals surface area contributed by atoms with Gasteiger partial charge in [0.2, 0.25) is 0 Å². The van der Waals surface area contributed by atoms with Crippen molar-refractivity contribution < 1.29 is 4.79 Å². The van der Waals surface area contributed by atoms with Gasteiger partial charge in [0, 0.05) is 37.2 Å². The van der Waals surface area contributed by atoms with E-state index in [0.717, 1.165) is 41.1 Å². The quantitative estimate of drug-likeness (QED) is 0.306. The molecular formula is C21H28BrIN4O. The first-order chi connectivity index (χ1) is 13.0. The lowest BCUT2D eigenvalue weighted by atomic mass is 10.1. The smallest absolute Gasteiger partial charge is 0.253 e. The Morgan fingerprint density at radius 3 is 2.46 bits per heavy atom. The topological polar surface area (TPSA) is 56.7 Å². The van der Waals surface area contributed by atoms with Gasteiger partial charge in [-0.05, 0) is 48.7 Å². The molecular weight excluding hydrogens is 531 g/mol. The van der Waals surface area contributed by atoms with Crippen molar-refractivity contribution in [2.45, 2.75) is 19.9 Å². The van der Waals surface area contributed by atoms with Gasteiger partial charge in [0.15, 0.2) is 5.96 Å². The predicted molar refractivity (Wildman–Crippen MR) is 131 cm³/mol. The van der Waals surface area contributed by atoms with Gasteiger partial charge < -0.3 is 15.5 Å². The average molecular weight is 559 g/mol. The van der Waals surface area contributed by atoms with Crippen LogP contribution in [0.2, 0.25) is 0 Å². The van der Waals surface area contributed by atoms with Crippen molar-refractivity contribution >= 4 is 51.8 Å². The molecule has 28 heavy (non-hydrogen) atoms. The van der Waals surface area contributed by atoms with Crippen LogP contribution in [0.25, 0.3) is 0 Å². The molecule has 0 fully saturated rings. The fraction of sp³-hybridized carbons (Fsp3) is 0.333. The molecule has 0 aliphatic carbocycles. The van der Waals surface area contributed by atoms with Gasteiger partial charge >= 0.3 is 0 Å². The molecule has 0 radical (unpaired) electrons. The molecule has 0 heterocycles. The number of carbonyl (C=O) groups excluding carboxylic acids is 1. The Morgan fingerprint density at radius 1 is 1.07 bits per heavy atom. The Bertz CT molecular complexity index is 795. The van der Waals surface area contributed by atoms with E-state index >= 15 is 0 Å². The summed E-state index contributed by atoms with van der Waals surface area (Å²) in [7, 11) is 3.53. The molecule has 0 aliphatic heterocycles. The molecule has 0 spiro atoms. The zero-order valence-electron chi connectivity index (χ0n) is 16.5. The maximum Gasteiger partial charge on any atom is 0.253 e. The van der Waals surface area contributed by atoms with Crippen molar-refractivity contribution in [3.05, 3.63) is 69.7 Å². The molecule has 0 atom stereocenters. The van der Waals surface area contributed by atoms with Crippen molar-refractivity contribution in [1.29, 1.82) is 0 Å². The third kappa shape index (κ3) is 8.18. The van der Waals surface area contributed by atoms with Crippen molar-refractivity contribution in [3.63, 3.8) is 0 Å². The van der Waals surface area contributed by atoms with E-state index < -0.39 is 0 Å². The fourth-order valence-electron chi connectivity index (χ4n) is 2.59. The number of guanidine groups is 1. The first-order valence-corrected chi connectivity index (χ1v) is 9.86. The van der Waals surface area contributed by atoms with Gasteiger partial charge in [0.05, 0.1) is 6.54 Å². The Labute approximate surface area is 193 Å². The van der Waals surface area contributed by atoms with E-state index in [1.165, 1.54) is 0 Å². The van der Waals surface area contributed by atoms with Gasteiger partial charge in [0.25, 0.3) is 5.91 Å². The van der Waals surface area contributed by atoms with Crippen LogP contribution in [-0.4, -0.2) is 44.0 Å². The molecule has 0 saturated heterocycles. The number of benzene rings is 2. The van der Waals surface area contributed by atoms with E-state index in [0.29, 0.717) is 12.1 Å². The van der Waals surface area contributed by atoms with Crippen LogP contribution in [-0.2, 0) is 13.0 Å². The molecule has 152 valence electrons. The van der Waals surface area contributed by atoms with Crippen LogP contribution in [0.15, 0.2) is 58.0 Å². The summed E-state index contributed by atoms with van der Waals surface area (Å²) >= 11 is 3.49. The number of amides is 1. The highest BCUT2D eigenvalue weighted by molar-refractivity contribution is 14.0. The first kappa shape index (κ1) is 24.4. The number of hydrogen-bond donors (Lipinski definition) is 2. The summed E-state index contributed by atoms with van der Waals surface area (Å²) in [5, 5.41) is 6.62. The highest BCUT2D eigenvalue weighted by atomic mass is 127. The largest absolute Gasteiger partial charge is 0.357 e. The SMILES string of the molecule is CCNC(=NCc1cccc(Br)c1)NCCc1cccc(C(=O)N(C)C)c1.I. The molecule has 2 aromatic rings. The highest BCUT2D eigenvalue weighted by Gasteiger charge is 2.08. The molecule has 2 aromatic carbocycles. The molecule has 0 saturated carbocycles. The molecule has 2 N–H and O–H groups in total. The molecule has 0 aromatic heterocycles. The summed E-state index contributed by atoms with van der Waals surface area (Å²) in [5.41, 5.74) is 2.99. The van der Waals surface area contributed by atoms with E-state index in [-0.39, 0.29) is 29.9 Å². The summed E-state index contributed by atoms with van der Waals surface area (Å²) in [5.74, 6) is 0.812. The normalized spacial score (nSPS) is 10.8. The Kier molecular flexibility index (Phi) is 11.1. The summed E-state index contributed by atoms with van der Waals surface area (Å²) in [6.07, 6.45) is 0.815. The Morgan fingerprint density at radius 2 is 1.79 bits per heavy atom. The maximum atomic E-state index is 12.1. The number of rotatable bonds is 7. The first-order valence-electron chi connectivity index (χ1n) is 9.07. The molecule has 1 amide bonds. The molecule has 2 rings (SSSR count). The lowest BCUT2D eigenvalue weighted by Gasteiger charge is -2.13. The van der Waals surface area contributed by atoms with E-state index in [9.17, 15) is 4.79 Å². The lowest BCUT2D eigenvalue weighted by Crippen LogP contribution is -2.38. The van der Waals surface area contributed by atoms with Crippen LogP contribution in [0.3, 0.4) is 0 Å². The lowest BCUT2D eigenvalue weighted by molar-refractivity contribution is 0.0827. The molecule has 0 aliphatic rings. The molecule has 0 bridgehead atoms. The number of hydrogen-bond acceptors (Lipinski definition) is 2. The zero-order valence-corrected chi connectivity index (χ0v) is 20.5. The van der Waals surface area contributed by atoms with Crippen molar-refractivity contribution in [1.82, 2.24) is 15.5 Å². The van der Waals surface area contributed by atoms with E-state index in [1.807, 2.05) is 43.3 Å². The highest BCUT2D eigenvalue weighted by Crippen LogP contribution is 2.12. The van der Waals surface area contributed by atoms with E-state index in [4.69, 9.17) is 0 Å².